The van der Waals surface area contributed by atoms with Gasteiger partial charge in [0, 0.05) is 24.8 Å². The van der Waals surface area contributed by atoms with Crippen LogP contribution in [0.1, 0.15) is 51.9 Å². The van der Waals surface area contributed by atoms with Gasteiger partial charge < -0.3 is 25.2 Å². The highest BCUT2D eigenvalue weighted by Crippen LogP contribution is 2.55. The number of amides is 3. The van der Waals surface area contributed by atoms with Gasteiger partial charge in [0.15, 0.2) is 0 Å². The maximum absolute atomic E-state index is 14.1. The fourth-order valence-corrected chi connectivity index (χ4v) is 6.95. The number of benzene rings is 1. The van der Waals surface area contributed by atoms with Crippen LogP contribution in [0.5, 0.6) is 0 Å². The van der Waals surface area contributed by atoms with Gasteiger partial charge in [0.2, 0.25) is 17.7 Å². The molecule has 2 N–H and O–H groups in total. The molecule has 0 aromatic heterocycles. The molecule has 2 bridgehead atoms. The second-order valence-electron chi connectivity index (χ2n) is 11.4. The Hall–Kier alpha value is -2.13. The van der Waals surface area contributed by atoms with E-state index in [1.165, 1.54) is 6.42 Å². The molecule has 3 amide bonds. The Morgan fingerprint density at radius 3 is 2.62 bits per heavy atom. The van der Waals surface area contributed by atoms with Crippen LogP contribution in [0.25, 0.3) is 0 Å². The molecule has 5 rings (SSSR count). The van der Waals surface area contributed by atoms with E-state index in [2.05, 4.69) is 22.5 Å². The molecule has 39 heavy (non-hydrogen) atoms. The van der Waals surface area contributed by atoms with Crippen LogP contribution in [0.4, 0.5) is 5.69 Å². The van der Waals surface area contributed by atoms with E-state index in [9.17, 15) is 14.4 Å². The number of likely N-dealkylation sites (N-methyl/N-ethyl adjacent to an activating group) is 1. The predicted molar refractivity (Wildman–Crippen MR) is 152 cm³/mol. The number of nitrogens with one attached hydrogen (secondary N) is 2. The van der Waals surface area contributed by atoms with Crippen molar-refractivity contribution >= 4 is 46.6 Å². The fourth-order valence-electron chi connectivity index (χ4n) is 6.65. The van der Waals surface area contributed by atoms with Crippen LogP contribution in [0.2, 0.25) is 10.0 Å². The number of hydrogen-bond donors (Lipinski definition) is 2. The Morgan fingerprint density at radius 1 is 1.13 bits per heavy atom. The number of unbranched alkanes of at least 4 members (excludes halogenated alkanes) is 1. The SMILES string of the molecule is CCCCN(C)CCN1C(=O)[C@@H]2[C@@H](C(=O)Nc3ccc(Cl)c(Cl)c3)[C@@H]3C=C[C@@]2(O3)[C@H]1C(=O)NC1CCCCC1. The normalized spacial score (nSPS) is 29.8. The maximum Gasteiger partial charge on any atom is 0.246 e. The Morgan fingerprint density at radius 2 is 1.90 bits per heavy atom. The van der Waals surface area contributed by atoms with Crippen molar-refractivity contribution in [2.45, 2.75) is 75.7 Å². The summed E-state index contributed by atoms with van der Waals surface area (Å²) in [7, 11) is 2.03. The molecule has 2 saturated heterocycles. The first-order chi connectivity index (χ1) is 18.7. The van der Waals surface area contributed by atoms with Crippen LogP contribution in [0.3, 0.4) is 0 Å². The Balaban J connectivity index is 1.40. The monoisotopic (exact) mass is 576 g/mol. The minimum Gasteiger partial charge on any atom is -0.359 e. The molecule has 8 nitrogen and oxygen atoms in total. The third kappa shape index (κ3) is 5.45. The lowest BCUT2D eigenvalue weighted by Crippen LogP contribution is -2.57. The quantitative estimate of drug-likeness (QED) is 0.406. The summed E-state index contributed by atoms with van der Waals surface area (Å²) in [6.45, 7) is 4.09. The van der Waals surface area contributed by atoms with E-state index in [-0.39, 0.29) is 23.8 Å². The summed E-state index contributed by atoms with van der Waals surface area (Å²) in [5.74, 6) is -2.27. The minimum atomic E-state index is -1.16. The number of nitrogens with zero attached hydrogens (tertiary/aromatic N) is 2. The molecule has 10 heteroatoms. The van der Waals surface area contributed by atoms with Crippen LogP contribution in [-0.4, -0.2) is 78.0 Å². The van der Waals surface area contributed by atoms with Crippen LogP contribution in [0, 0.1) is 11.8 Å². The summed E-state index contributed by atoms with van der Waals surface area (Å²) >= 11 is 12.2. The number of ether oxygens (including phenoxy) is 1. The summed E-state index contributed by atoms with van der Waals surface area (Å²) in [6, 6.07) is 4.14. The molecule has 3 heterocycles. The van der Waals surface area contributed by atoms with E-state index >= 15 is 0 Å². The first-order valence-corrected chi connectivity index (χ1v) is 14.9. The fraction of sp³-hybridized carbons (Fsp3) is 0.621. The molecule has 3 fully saturated rings. The summed E-state index contributed by atoms with van der Waals surface area (Å²) in [4.78, 5) is 45.4. The van der Waals surface area contributed by atoms with E-state index in [1.54, 1.807) is 23.1 Å². The summed E-state index contributed by atoms with van der Waals surface area (Å²) in [6.07, 6.45) is 10.5. The van der Waals surface area contributed by atoms with E-state index in [4.69, 9.17) is 27.9 Å². The number of rotatable bonds is 10. The van der Waals surface area contributed by atoms with Gasteiger partial charge in [-0.3, -0.25) is 14.4 Å². The van der Waals surface area contributed by atoms with Gasteiger partial charge in [-0.2, -0.15) is 0 Å². The molecular weight excluding hydrogens is 539 g/mol. The van der Waals surface area contributed by atoms with Crippen molar-refractivity contribution in [2.75, 3.05) is 32.0 Å². The predicted octanol–water partition coefficient (Wildman–Crippen LogP) is 4.26. The topological polar surface area (TPSA) is 91.0 Å². The molecular formula is C29H38Cl2N4O4. The molecule has 3 aliphatic heterocycles. The number of halogens is 2. The van der Waals surface area contributed by atoms with Crippen molar-refractivity contribution in [2.24, 2.45) is 11.8 Å². The molecule has 0 unspecified atom stereocenters. The zero-order valence-electron chi connectivity index (χ0n) is 22.6. The van der Waals surface area contributed by atoms with Gasteiger partial charge in [-0.15, -0.1) is 0 Å². The van der Waals surface area contributed by atoms with Crippen LogP contribution in [-0.2, 0) is 19.1 Å². The molecule has 1 aliphatic carbocycles. The van der Waals surface area contributed by atoms with Gasteiger partial charge in [0.1, 0.15) is 11.6 Å². The van der Waals surface area contributed by atoms with Crippen molar-refractivity contribution in [1.82, 2.24) is 15.1 Å². The smallest absolute Gasteiger partial charge is 0.246 e. The number of carbonyl (C=O) groups excluding carboxylic acids is 3. The number of likely N-dealkylation sites (tertiary alicyclic amines) is 1. The molecule has 1 aromatic carbocycles. The minimum absolute atomic E-state index is 0.0993. The maximum atomic E-state index is 14.1. The Labute approximate surface area is 240 Å². The third-order valence-electron chi connectivity index (χ3n) is 8.68. The summed E-state index contributed by atoms with van der Waals surface area (Å²) in [5.41, 5.74) is -0.677. The van der Waals surface area contributed by atoms with Gasteiger partial charge in [-0.05, 0) is 51.1 Å². The van der Waals surface area contributed by atoms with Crippen molar-refractivity contribution in [3.8, 4) is 0 Å². The third-order valence-corrected chi connectivity index (χ3v) is 9.42. The first-order valence-electron chi connectivity index (χ1n) is 14.2. The number of fused-ring (bicyclic) bond motifs is 1. The molecule has 0 radical (unpaired) electrons. The molecule has 5 atom stereocenters. The molecule has 1 spiro atoms. The number of hydrogen-bond acceptors (Lipinski definition) is 5. The molecule has 4 aliphatic rings. The highest BCUT2D eigenvalue weighted by atomic mass is 35.5. The van der Waals surface area contributed by atoms with Crippen LogP contribution >= 0.6 is 23.2 Å². The van der Waals surface area contributed by atoms with Crippen LogP contribution < -0.4 is 10.6 Å². The molecule has 1 saturated carbocycles. The average Bonchev–Trinajstić information content (AvgIpc) is 3.56. The van der Waals surface area contributed by atoms with E-state index in [0.29, 0.717) is 28.8 Å². The van der Waals surface area contributed by atoms with Crippen molar-refractivity contribution in [3.63, 3.8) is 0 Å². The zero-order valence-corrected chi connectivity index (χ0v) is 24.1. The van der Waals surface area contributed by atoms with Gasteiger partial charge in [-0.1, -0.05) is 68.0 Å². The second kappa shape index (κ2) is 11.8. The van der Waals surface area contributed by atoms with Gasteiger partial charge >= 0.3 is 0 Å². The van der Waals surface area contributed by atoms with E-state index in [0.717, 1.165) is 45.1 Å². The molecule has 212 valence electrons. The number of carbonyl (C=O) groups is 3. The van der Waals surface area contributed by atoms with Crippen LogP contribution in [0.15, 0.2) is 30.4 Å². The zero-order chi connectivity index (χ0) is 27.7. The van der Waals surface area contributed by atoms with Gasteiger partial charge in [0.25, 0.3) is 0 Å². The van der Waals surface area contributed by atoms with Gasteiger partial charge in [0.05, 0.1) is 28.0 Å². The van der Waals surface area contributed by atoms with Crippen molar-refractivity contribution in [1.29, 1.82) is 0 Å². The number of anilines is 1. The molecule has 1 aromatic rings. The Kier molecular flexibility index (Phi) is 8.57. The highest BCUT2D eigenvalue weighted by Gasteiger charge is 2.72. The summed E-state index contributed by atoms with van der Waals surface area (Å²) in [5, 5.41) is 6.83. The average molecular weight is 578 g/mol. The Bertz CT molecular complexity index is 1140. The van der Waals surface area contributed by atoms with E-state index in [1.807, 2.05) is 19.2 Å². The lowest BCUT2D eigenvalue weighted by atomic mass is 9.74. The standard InChI is InChI=1S/C29H38Cl2N4O4/c1-3-4-14-34(2)15-16-35-25(27(37)32-18-8-6-5-7-9-18)29-13-12-22(39-29)23(24(29)28(35)38)26(36)33-19-10-11-20(30)21(31)17-19/h10-13,17-18,22-25H,3-9,14-16H2,1-2H3,(H,32,37)(H,33,36)/t22-,23-,24-,25+,29-/m0/s1. The van der Waals surface area contributed by atoms with Gasteiger partial charge in [-0.25, -0.2) is 0 Å². The lowest BCUT2D eigenvalue weighted by Gasteiger charge is -2.34. The highest BCUT2D eigenvalue weighted by molar-refractivity contribution is 6.42. The largest absolute Gasteiger partial charge is 0.359 e. The second-order valence-corrected chi connectivity index (χ2v) is 12.2. The summed E-state index contributed by atoms with van der Waals surface area (Å²) < 4.78 is 6.44. The lowest BCUT2D eigenvalue weighted by molar-refractivity contribution is -0.141. The van der Waals surface area contributed by atoms with E-state index < -0.39 is 29.6 Å². The van der Waals surface area contributed by atoms with Crippen molar-refractivity contribution < 1.29 is 19.1 Å². The first kappa shape index (κ1) is 28.4. The van der Waals surface area contributed by atoms with Crippen molar-refractivity contribution in [3.05, 3.63) is 40.4 Å².